The van der Waals surface area contributed by atoms with Crippen LogP contribution in [-0.4, -0.2) is 50.8 Å². The van der Waals surface area contributed by atoms with E-state index in [-0.39, 0.29) is 23.4 Å². The summed E-state index contributed by atoms with van der Waals surface area (Å²) in [5, 5.41) is 12.6. The number of aromatic hydroxyl groups is 1. The number of halogens is 5. The average Bonchev–Trinajstić information content (AvgIpc) is 3.54. The van der Waals surface area contributed by atoms with Gasteiger partial charge in [-0.05, 0) is 73.2 Å². The first kappa shape index (κ1) is 36.2. The molecule has 0 unspecified atom stereocenters. The van der Waals surface area contributed by atoms with Crippen LogP contribution < -0.4 is 10.4 Å². The summed E-state index contributed by atoms with van der Waals surface area (Å²) in [6, 6.07) is 21.1. The Kier molecular flexibility index (Phi) is 8.52. The third kappa shape index (κ3) is 5.48. The van der Waals surface area contributed by atoms with Crippen LogP contribution in [0.1, 0.15) is 41.1 Å². The molecule has 3 aromatic carbocycles. The van der Waals surface area contributed by atoms with E-state index in [9.17, 15) is 32.7 Å². The zero-order chi connectivity index (χ0) is 39.1. The number of hydrogen-bond donors (Lipinski definition) is 2. The molecule has 8 rings (SSSR count). The van der Waals surface area contributed by atoms with Gasteiger partial charge in [0.05, 0.1) is 33.9 Å². The number of nitrogens with one attached hydrogen (secondary N) is 1. The topological polar surface area (TPSA) is 123 Å². The predicted octanol–water partition coefficient (Wildman–Crippen LogP) is 6.94. The van der Waals surface area contributed by atoms with E-state index in [0.717, 1.165) is 38.8 Å². The first-order valence-corrected chi connectivity index (χ1v) is 17.8. The van der Waals surface area contributed by atoms with Crippen molar-refractivity contribution in [1.29, 1.82) is 0 Å². The number of aromatic nitrogens is 1. The minimum Gasteiger partial charge on any atom is -0.505 e. The normalized spacial score (nSPS) is 26.1. The van der Waals surface area contributed by atoms with Crippen molar-refractivity contribution in [3.05, 3.63) is 130 Å². The fourth-order valence-electron chi connectivity index (χ4n) is 9.01. The molecule has 4 amide bonds. The van der Waals surface area contributed by atoms with Gasteiger partial charge >= 0.3 is 6.18 Å². The van der Waals surface area contributed by atoms with Crippen molar-refractivity contribution < 1.29 is 41.8 Å². The van der Waals surface area contributed by atoms with Gasteiger partial charge in [-0.3, -0.25) is 29.6 Å². The summed E-state index contributed by atoms with van der Waals surface area (Å²) in [4.78, 5) is 62.2. The van der Waals surface area contributed by atoms with Gasteiger partial charge in [0.15, 0.2) is 17.4 Å². The van der Waals surface area contributed by atoms with Crippen molar-refractivity contribution >= 4 is 46.7 Å². The minimum atomic E-state index is -4.84. The third-order valence-electron chi connectivity index (χ3n) is 11.4. The lowest BCUT2D eigenvalue weighted by molar-refractivity contribution is -0.142. The highest BCUT2D eigenvalue weighted by Gasteiger charge is 2.70. The number of phenols is 1. The summed E-state index contributed by atoms with van der Waals surface area (Å²) >= 11 is 6.27. The fraction of sp³-hybridized carbons (Fsp3) is 0.275. The Labute approximate surface area is 316 Å². The molecule has 2 aliphatic heterocycles. The molecule has 2 aliphatic carbocycles. The molecule has 4 aliphatic rings. The van der Waals surface area contributed by atoms with Gasteiger partial charge in [-0.1, -0.05) is 77.3 Å². The Balaban J connectivity index is 1.27. The van der Waals surface area contributed by atoms with Gasteiger partial charge < -0.3 is 5.11 Å². The predicted molar refractivity (Wildman–Crippen MR) is 191 cm³/mol. The number of hydrogen-bond acceptors (Lipinski definition) is 8. The number of hydrazine groups is 2. The van der Waals surface area contributed by atoms with Crippen molar-refractivity contribution in [3.63, 3.8) is 0 Å². The average molecular weight is 774 g/mol. The van der Waals surface area contributed by atoms with Crippen molar-refractivity contribution in [2.24, 2.45) is 23.7 Å². The van der Waals surface area contributed by atoms with Crippen LogP contribution in [0.15, 0.2) is 96.6 Å². The molecule has 0 spiro atoms. The van der Waals surface area contributed by atoms with Crippen LogP contribution in [0.3, 0.4) is 0 Å². The van der Waals surface area contributed by atoms with Crippen LogP contribution in [0.4, 0.5) is 29.1 Å². The molecule has 1 saturated carbocycles. The second-order valence-electron chi connectivity index (χ2n) is 14.3. The second kappa shape index (κ2) is 12.9. The number of nitrogens with zero attached hydrogens (tertiary/aromatic N) is 4. The van der Waals surface area contributed by atoms with E-state index in [2.05, 4.69) is 10.4 Å². The molecule has 1 aromatic heterocycles. The summed E-state index contributed by atoms with van der Waals surface area (Å²) in [7, 11) is 1.22. The number of fused-ring (bicyclic) bond motifs is 4. The summed E-state index contributed by atoms with van der Waals surface area (Å²) in [6.45, 7) is 1.89. The van der Waals surface area contributed by atoms with E-state index in [4.69, 9.17) is 11.6 Å². The Morgan fingerprint density at radius 2 is 1.64 bits per heavy atom. The lowest BCUT2D eigenvalue weighted by Gasteiger charge is -2.50. The minimum absolute atomic E-state index is 0.00473. The van der Waals surface area contributed by atoms with Gasteiger partial charge in [-0.25, -0.2) is 9.37 Å². The first-order valence-electron chi connectivity index (χ1n) is 17.4. The summed E-state index contributed by atoms with van der Waals surface area (Å²) in [5.74, 6) is -9.89. The van der Waals surface area contributed by atoms with Crippen LogP contribution in [0.2, 0.25) is 5.02 Å². The van der Waals surface area contributed by atoms with Gasteiger partial charge in [0.25, 0.3) is 23.6 Å². The number of rotatable bonds is 6. The number of amides is 4. The molecule has 55 heavy (non-hydrogen) atoms. The van der Waals surface area contributed by atoms with Crippen LogP contribution >= 0.6 is 11.6 Å². The summed E-state index contributed by atoms with van der Waals surface area (Å²) in [5.41, 5.74) is 2.66. The molecule has 10 nitrogen and oxygen atoms in total. The van der Waals surface area contributed by atoms with Crippen molar-refractivity contribution in [2.45, 2.75) is 37.3 Å². The highest BCUT2D eigenvalue weighted by Crippen LogP contribution is 2.64. The number of aryl methyl sites for hydroxylation is 1. The maximum Gasteiger partial charge on any atom is 0.433 e. The molecule has 0 radical (unpaired) electrons. The Morgan fingerprint density at radius 3 is 2.31 bits per heavy atom. The van der Waals surface area contributed by atoms with E-state index in [1.54, 1.807) is 48.5 Å². The molecular weight excluding hydrogens is 742 g/mol. The van der Waals surface area contributed by atoms with Crippen LogP contribution in [0, 0.1) is 36.4 Å². The van der Waals surface area contributed by atoms with Gasteiger partial charge in [-0.15, -0.1) is 0 Å². The van der Waals surface area contributed by atoms with Crippen molar-refractivity contribution in [2.75, 3.05) is 17.5 Å². The number of benzene rings is 3. The SMILES string of the molecule is Cc1ccc(NN2C(=O)[C@@H]3C[C@@H]4C(=CC[C@@H]5C(=O)N(N(C)c6nc(C(F)(F)F)ccc6Cl)C(=O)[C@@H]54)[C@H](c4ccc(O)c(F)c4)[C@]3(c3ccccc3)C2=O)cc1. The van der Waals surface area contributed by atoms with Crippen LogP contribution in [-0.2, 0) is 30.8 Å². The number of carbonyl (C=O) groups is 4. The van der Waals surface area contributed by atoms with Crippen LogP contribution in [0.25, 0.3) is 0 Å². The summed E-state index contributed by atoms with van der Waals surface area (Å²) < 4.78 is 56.3. The quantitative estimate of drug-likeness (QED) is 0.123. The molecule has 15 heteroatoms. The van der Waals surface area contributed by atoms with Gasteiger partial charge in [0.2, 0.25) is 0 Å². The molecule has 2 saturated heterocycles. The van der Waals surface area contributed by atoms with E-state index < -0.39 is 87.9 Å². The van der Waals surface area contributed by atoms with Crippen molar-refractivity contribution in [3.8, 4) is 5.75 Å². The lowest BCUT2D eigenvalue weighted by atomic mass is 9.49. The fourth-order valence-corrected chi connectivity index (χ4v) is 9.24. The number of pyridine rings is 1. The first-order chi connectivity index (χ1) is 26.1. The van der Waals surface area contributed by atoms with E-state index >= 15 is 9.18 Å². The Bertz CT molecular complexity index is 2310. The van der Waals surface area contributed by atoms with E-state index in [1.165, 1.54) is 13.1 Å². The second-order valence-corrected chi connectivity index (χ2v) is 14.7. The summed E-state index contributed by atoms with van der Waals surface area (Å²) in [6.07, 6.45) is -3.17. The maximum absolute atomic E-state index is 15.3. The molecule has 6 atom stereocenters. The van der Waals surface area contributed by atoms with Gasteiger partial charge in [-0.2, -0.15) is 23.2 Å². The monoisotopic (exact) mass is 773 g/mol. The molecule has 0 bridgehead atoms. The number of allylic oxidation sites excluding steroid dienone is 2. The Hall–Kier alpha value is -5.76. The highest BCUT2D eigenvalue weighted by atomic mass is 35.5. The number of alkyl halides is 3. The third-order valence-corrected chi connectivity index (χ3v) is 11.7. The molecule has 3 heterocycles. The van der Waals surface area contributed by atoms with Gasteiger partial charge in [0, 0.05) is 13.0 Å². The van der Waals surface area contributed by atoms with E-state index in [0.29, 0.717) is 22.9 Å². The zero-order valence-electron chi connectivity index (χ0n) is 29.2. The van der Waals surface area contributed by atoms with E-state index in [1.807, 2.05) is 19.1 Å². The maximum atomic E-state index is 15.3. The zero-order valence-corrected chi connectivity index (χ0v) is 30.0. The molecule has 282 valence electrons. The number of imide groups is 2. The highest BCUT2D eigenvalue weighted by molar-refractivity contribution is 6.33. The lowest BCUT2D eigenvalue weighted by Crippen LogP contribution is -2.53. The molecular formula is C40H32ClF4N5O5. The largest absolute Gasteiger partial charge is 0.505 e. The Morgan fingerprint density at radius 1 is 0.927 bits per heavy atom. The number of phenolic OH excluding ortho intramolecular Hbond substituents is 1. The molecule has 2 N–H and O–H groups in total. The standard InChI is InChI=1S/C40H32ClF4N5O5/c1-20-8-11-23(12-9-20)47-49-36(53)27-19-26-24(33(21-10-16-30(51)29(42)18-21)39(27,38(49)55)22-6-4-3-5-7-22)13-14-25-32(26)37(54)50(35(25)52)48(2)34-28(41)15-17-31(46-34)40(43,44)45/h3-13,15-18,25-27,32-33,47,51H,14,19H2,1-2H3/t25-,26+,27-,32-,33-,39+/m0/s1. The van der Waals surface area contributed by atoms with Gasteiger partial charge in [0.1, 0.15) is 5.69 Å². The smallest absolute Gasteiger partial charge is 0.433 e. The van der Waals surface area contributed by atoms with Crippen LogP contribution in [0.5, 0.6) is 5.75 Å². The van der Waals surface area contributed by atoms with Crippen molar-refractivity contribution in [1.82, 2.24) is 15.0 Å². The molecule has 3 fully saturated rings. The number of anilines is 2. The number of carbonyl (C=O) groups excluding carboxylic acids is 4. The molecule has 4 aromatic rings.